The van der Waals surface area contributed by atoms with Crippen LogP contribution >= 0.6 is 0 Å². The van der Waals surface area contributed by atoms with Gasteiger partial charge >= 0.3 is 0 Å². The highest BCUT2D eigenvalue weighted by atomic mass is 16.5. The van der Waals surface area contributed by atoms with Crippen molar-refractivity contribution in [3.8, 4) is 5.75 Å². The van der Waals surface area contributed by atoms with Gasteiger partial charge in [0.2, 0.25) is 0 Å². The molecule has 5 nitrogen and oxygen atoms in total. The van der Waals surface area contributed by atoms with Gasteiger partial charge in [-0.2, -0.15) is 4.98 Å². The van der Waals surface area contributed by atoms with Crippen LogP contribution in [0.1, 0.15) is 30.6 Å². The van der Waals surface area contributed by atoms with Gasteiger partial charge in [-0.3, -0.25) is 0 Å². The summed E-state index contributed by atoms with van der Waals surface area (Å²) in [5.74, 6) is 2.05. The molecule has 0 bridgehead atoms. The van der Waals surface area contributed by atoms with Crippen molar-refractivity contribution in [2.24, 2.45) is 0 Å². The highest BCUT2D eigenvalue weighted by molar-refractivity contribution is 5.20. The minimum Gasteiger partial charge on any atom is -0.484 e. The molecule has 2 heterocycles. The number of aromatic nitrogens is 2. The van der Waals surface area contributed by atoms with Gasteiger partial charge in [0, 0.05) is 0 Å². The number of para-hydroxylation sites is 1. The summed E-state index contributed by atoms with van der Waals surface area (Å²) in [5, 5.41) is 7.32. The van der Waals surface area contributed by atoms with Crippen LogP contribution in [0, 0.1) is 0 Å². The lowest BCUT2D eigenvalue weighted by Crippen LogP contribution is -2.14. The van der Waals surface area contributed by atoms with E-state index >= 15 is 0 Å². The lowest BCUT2D eigenvalue weighted by atomic mass is 10.2. The first-order valence-electron chi connectivity index (χ1n) is 6.15. The first kappa shape index (κ1) is 11.2. The molecule has 5 heteroatoms. The number of rotatable bonds is 4. The molecule has 1 fully saturated rings. The summed E-state index contributed by atoms with van der Waals surface area (Å²) in [5.41, 5.74) is 0. The molecule has 3 rings (SSSR count). The molecule has 18 heavy (non-hydrogen) atoms. The highest BCUT2D eigenvalue weighted by Crippen LogP contribution is 2.20. The minimum atomic E-state index is 0.235. The molecule has 1 atom stereocenters. The van der Waals surface area contributed by atoms with Crippen LogP contribution in [0.4, 0.5) is 0 Å². The zero-order chi connectivity index (χ0) is 12.2. The fourth-order valence-electron chi connectivity index (χ4n) is 2.03. The SMILES string of the molecule is c1ccc(OCc2nc(C3CCCN3)no2)cc1. The van der Waals surface area contributed by atoms with Gasteiger partial charge in [0.05, 0.1) is 6.04 Å². The standard InChI is InChI=1S/C13H15N3O2/c1-2-5-10(6-3-1)17-9-12-15-13(16-18-12)11-7-4-8-14-11/h1-3,5-6,11,14H,4,7-9H2. The van der Waals surface area contributed by atoms with Gasteiger partial charge < -0.3 is 14.6 Å². The van der Waals surface area contributed by atoms with Gasteiger partial charge in [0.15, 0.2) is 12.4 Å². The molecule has 1 N–H and O–H groups in total. The predicted octanol–water partition coefficient (Wildman–Crippen LogP) is 2.07. The molecule has 2 aromatic rings. The van der Waals surface area contributed by atoms with Gasteiger partial charge in [-0.25, -0.2) is 0 Å². The minimum absolute atomic E-state index is 0.235. The van der Waals surface area contributed by atoms with Gasteiger partial charge in [0.25, 0.3) is 5.89 Å². The van der Waals surface area contributed by atoms with E-state index < -0.39 is 0 Å². The zero-order valence-corrected chi connectivity index (χ0v) is 10.0. The summed E-state index contributed by atoms with van der Waals surface area (Å²) in [4.78, 5) is 4.34. The molecular formula is C13H15N3O2. The lowest BCUT2D eigenvalue weighted by molar-refractivity contribution is 0.242. The fourth-order valence-corrected chi connectivity index (χ4v) is 2.03. The van der Waals surface area contributed by atoms with Crippen molar-refractivity contribution < 1.29 is 9.26 Å². The summed E-state index contributed by atoms with van der Waals surface area (Å²) in [7, 11) is 0. The van der Waals surface area contributed by atoms with Crippen LogP contribution in [-0.2, 0) is 6.61 Å². The molecule has 1 unspecified atom stereocenters. The van der Waals surface area contributed by atoms with E-state index in [0.717, 1.165) is 31.0 Å². The largest absolute Gasteiger partial charge is 0.484 e. The summed E-state index contributed by atoms with van der Waals surface area (Å²) in [6, 6.07) is 9.84. The first-order valence-corrected chi connectivity index (χ1v) is 6.15. The van der Waals surface area contributed by atoms with Crippen LogP contribution < -0.4 is 10.1 Å². The molecule has 0 aliphatic carbocycles. The second-order valence-corrected chi connectivity index (χ2v) is 4.30. The van der Waals surface area contributed by atoms with Crippen LogP contribution in [-0.4, -0.2) is 16.7 Å². The topological polar surface area (TPSA) is 60.2 Å². The lowest BCUT2D eigenvalue weighted by Gasteiger charge is -2.02. The monoisotopic (exact) mass is 245 g/mol. The van der Waals surface area contributed by atoms with Gasteiger partial charge in [-0.05, 0) is 31.5 Å². The van der Waals surface area contributed by atoms with Crippen molar-refractivity contribution in [1.82, 2.24) is 15.5 Å². The number of hydrogen-bond acceptors (Lipinski definition) is 5. The van der Waals surface area contributed by atoms with Gasteiger partial charge in [-0.1, -0.05) is 23.4 Å². The summed E-state index contributed by atoms with van der Waals surface area (Å²) in [6.45, 7) is 1.33. The third-order valence-electron chi connectivity index (χ3n) is 2.96. The number of hydrogen-bond donors (Lipinski definition) is 1. The van der Waals surface area contributed by atoms with Crippen molar-refractivity contribution in [1.29, 1.82) is 0 Å². The Balaban J connectivity index is 1.60. The van der Waals surface area contributed by atoms with E-state index in [4.69, 9.17) is 9.26 Å². The van der Waals surface area contributed by atoms with Crippen molar-refractivity contribution in [3.63, 3.8) is 0 Å². The highest BCUT2D eigenvalue weighted by Gasteiger charge is 2.21. The molecule has 0 spiro atoms. The van der Waals surface area contributed by atoms with Crippen LogP contribution in [0.15, 0.2) is 34.9 Å². The second-order valence-electron chi connectivity index (χ2n) is 4.30. The zero-order valence-electron chi connectivity index (χ0n) is 10.0. The van der Waals surface area contributed by atoms with Crippen molar-refractivity contribution in [3.05, 3.63) is 42.0 Å². The summed E-state index contributed by atoms with van der Waals surface area (Å²) < 4.78 is 10.7. The number of nitrogens with zero attached hydrogens (tertiary/aromatic N) is 2. The Morgan fingerprint density at radius 3 is 3.00 bits per heavy atom. The van der Waals surface area contributed by atoms with Crippen LogP contribution in [0.5, 0.6) is 5.75 Å². The molecule has 0 radical (unpaired) electrons. The Morgan fingerprint density at radius 2 is 2.22 bits per heavy atom. The van der Waals surface area contributed by atoms with E-state index in [2.05, 4.69) is 15.5 Å². The third kappa shape index (κ3) is 2.51. The average Bonchev–Trinajstić information content (AvgIpc) is 3.08. The summed E-state index contributed by atoms with van der Waals surface area (Å²) in [6.07, 6.45) is 2.23. The Kier molecular flexibility index (Phi) is 3.23. The van der Waals surface area contributed by atoms with Crippen LogP contribution in [0.3, 0.4) is 0 Å². The van der Waals surface area contributed by atoms with Crippen LogP contribution in [0.25, 0.3) is 0 Å². The maximum absolute atomic E-state index is 5.55. The van der Waals surface area contributed by atoms with E-state index in [-0.39, 0.29) is 6.04 Å². The molecular weight excluding hydrogens is 230 g/mol. The normalized spacial score (nSPS) is 19.0. The van der Waals surface area contributed by atoms with E-state index in [1.165, 1.54) is 0 Å². The van der Waals surface area contributed by atoms with Crippen LogP contribution in [0.2, 0.25) is 0 Å². The van der Waals surface area contributed by atoms with Crippen molar-refractivity contribution in [2.75, 3.05) is 6.54 Å². The molecule has 1 aliphatic heterocycles. The molecule has 1 aromatic heterocycles. The molecule has 1 aliphatic rings. The molecule has 1 saturated heterocycles. The Hall–Kier alpha value is -1.88. The van der Waals surface area contributed by atoms with Gasteiger partial charge in [0.1, 0.15) is 5.75 Å². The third-order valence-corrected chi connectivity index (χ3v) is 2.96. The van der Waals surface area contributed by atoms with E-state index in [1.54, 1.807) is 0 Å². The molecule has 0 amide bonds. The Labute approximate surface area is 105 Å². The van der Waals surface area contributed by atoms with E-state index in [1.807, 2.05) is 30.3 Å². The maximum Gasteiger partial charge on any atom is 0.264 e. The average molecular weight is 245 g/mol. The quantitative estimate of drug-likeness (QED) is 0.893. The molecule has 0 saturated carbocycles. The fraction of sp³-hybridized carbons (Fsp3) is 0.385. The van der Waals surface area contributed by atoms with E-state index in [0.29, 0.717) is 12.5 Å². The Morgan fingerprint density at radius 1 is 1.33 bits per heavy atom. The first-order chi connectivity index (χ1) is 8.92. The maximum atomic E-state index is 5.55. The smallest absolute Gasteiger partial charge is 0.264 e. The van der Waals surface area contributed by atoms with Crippen molar-refractivity contribution in [2.45, 2.75) is 25.5 Å². The summed E-state index contributed by atoms with van der Waals surface area (Å²) >= 11 is 0. The second kappa shape index (κ2) is 5.18. The Bertz CT molecular complexity index is 492. The van der Waals surface area contributed by atoms with E-state index in [9.17, 15) is 0 Å². The molecule has 94 valence electrons. The number of ether oxygens (including phenoxy) is 1. The predicted molar refractivity (Wildman–Crippen MR) is 65.0 cm³/mol. The van der Waals surface area contributed by atoms with Gasteiger partial charge in [-0.15, -0.1) is 0 Å². The molecule has 1 aromatic carbocycles. The van der Waals surface area contributed by atoms with Crippen molar-refractivity contribution >= 4 is 0 Å². The number of benzene rings is 1. The number of nitrogens with one attached hydrogen (secondary N) is 1.